The zero-order chi connectivity index (χ0) is 24.9. The standard InChI is InChI=1S/C21H26BrN5O5S2/c1-21(2,33-12-18-23-13-27(3)24-18)19(20(28)25-29)26-34(30,31)17-10-8-16(9-11-17)32-15-6-4-14(22)5-7-15/h4-11,19,26,29H,12-13H2,1-3H3,(H,23,24)(H,25,28)/t19-/m0/s1. The van der Waals surface area contributed by atoms with Gasteiger partial charge in [-0.1, -0.05) is 15.9 Å². The molecule has 0 aromatic heterocycles. The molecule has 0 bridgehead atoms. The molecule has 3 rings (SSSR count). The largest absolute Gasteiger partial charge is 0.457 e. The Bertz CT molecular complexity index is 1140. The van der Waals surface area contributed by atoms with Gasteiger partial charge in [-0.15, -0.1) is 11.8 Å². The quantitative estimate of drug-likeness (QED) is 0.253. The van der Waals surface area contributed by atoms with Crippen molar-refractivity contribution in [2.75, 3.05) is 19.5 Å². The van der Waals surface area contributed by atoms with Crippen LogP contribution in [0, 0.1) is 0 Å². The Balaban J connectivity index is 1.72. The molecule has 1 heterocycles. The van der Waals surface area contributed by atoms with E-state index in [1.165, 1.54) is 36.0 Å². The van der Waals surface area contributed by atoms with Gasteiger partial charge >= 0.3 is 0 Å². The molecule has 2 aromatic carbocycles. The van der Waals surface area contributed by atoms with Gasteiger partial charge in [0.25, 0.3) is 5.91 Å². The molecule has 0 fully saturated rings. The molecule has 0 aliphatic carbocycles. The lowest BCUT2D eigenvalue weighted by molar-refractivity contribution is -0.131. The topological polar surface area (TPSA) is 132 Å². The minimum atomic E-state index is -4.09. The number of nitrogens with zero attached hydrogens (tertiary/aromatic N) is 2. The fraction of sp³-hybridized carbons (Fsp3) is 0.333. The fourth-order valence-corrected chi connectivity index (χ4v) is 5.70. The fourth-order valence-electron chi connectivity index (χ4n) is 3.02. The van der Waals surface area contributed by atoms with Gasteiger partial charge in [0.1, 0.15) is 30.0 Å². The molecule has 1 aliphatic rings. The normalized spacial score (nSPS) is 15.4. The van der Waals surface area contributed by atoms with Gasteiger partial charge in [-0.3, -0.25) is 15.0 Å². The maximum Gasteiger partial charge on any atom is 0.262 e. The number of rotatable bonds is 10. The maximum absolute atomic E-state index is 13.0. The van der Waals surface area contributed by atoms with Gasteiger partial charge < -0.3 is 10.2 Å². The molecule has 0 unspecified atom stereocenters. The highest BCUT2D eigenvalue weighted by Gasteiger charge is 2.39. The number of hydrogen-bond acceptors (Lipinski definition) is 9. The summed E-state index contributed by atoms with van der Waals surface area (Å²) in [4.78, 5) is 16.7. The Morgan fingerprint density at radius 2 is 1.82 bits per heavy atom. The molecule has 13 heteroatoms. The van der Waals surface area contributed by atoms with Gasteiger partial charge in [0.05, 0.1) is 10.6 Å². The molecule has 4 N–H and O–H groups in total. The number of ether oxygens (including phenoxy) is 1. The zero-order valence-electron chi connectivity index (χ0n) is 18.8. The van der Waals surface area contributed by atoms with Crippen molar-refractivity contribution >= 4 is 49.5 Å². The highest BCUT2D eigenvalue weighted by atomic mass is 79.9. The van der Waals surface area contributed by atoms with Crippen molar-refractivity contribution in [2.24, 2.45) is 4.99 Å². The van der Waals surface area contributed by atoms with Crippen molar-refractivity contribution in [1.82, 2.24) is 20.6 Å². The highest BCUT2D eigenvalue weighted by Crippen LogP contribution is 2.30. The Kier molecular flexibility index (Phi) is 8.60. The molecule has 0 radical (unpaired) electrons. The third-order valence-electron chi connectivity index (χ3n) is 4.90. The zero-order valence-corrected chi connectivity index (χ0v) is 22.0. The molecule has 0 saturated heterocycles. The number of carbonyl (C=O) groups is 1. The summed E-state index contributed by atoms with van der Waals surface area (Å²) in [5.74, 6) is 1.33. The number of carbonyl (C=O) groups excluding carboxylic acids is 1. The van der Waals surface area contributed by atoms with Gasteiger partial charge in [-0.05, 0) is 62.4 Å². The Hall–Kier alpha value is -2.16. The van der Waals surface area contributed by atoms with Crippen molar-refractivity contribution in [1.29, 1.82) is 0 Å². The Labute approximate surface area is 211 Å². The van der Waals surface area contributed by atoms with Gasteiger partial charge in [0, 0.05) is 16.3 Å². The van der Waals surface area contributed by atoms with Crippen LogP contribution in [0.25, 0.3) is 0 Å². The summed E-state index contributed by atoms with van der Waals surface area (Å²) < 4.78 is 34.2. The average Bonchev–Trinajstić information content (AvgIpc) is 3.23. The molecule has 34 heavy (non-hydrogen) atoms. The number of sulfonamides is 1. The number of nitrogens with one attached hydrogen (secondary N) is 3. The first-order chi connectivity index (χ1) is 16.0. The summed E-state index contributed by atoms with van der Waals surface area (Å²) in [5.41, 5.74) is 4.63. The predicted octanol–water partition coefficient (Wildman–Crippen LogP) is 2.71. The summed E-state index contributed by atoms with van der Waals surface area (Å²) in [7, 11) is -2.25. The van der Waals surface area contributed by atoms with Crippen LogP contribution in [0.4, 0.5) is 0 Å². The van der Waals surface area contributed by atoms with E-state index in [1.807, 2.05) is 19.2 Å². The summed E-state index contributed by atoms with van der Waals surface area (Å²) in [6, 6.07) is 11.8. The van der Waals surface area contributed by atoms with E-state index < -0.39 is 26.7 Å². The van der Waals surface area contributed by atoms with Crippen molar-refractivity contribution in [3.8, 4) is 11.5 Å². The maximum atomic E-state index is 13.0. The molecule has 1 aliphatic heterocycles. The van der Waals surface area contributed by atoms with Crippen LogP contribution in [0.2, 0.25) is 0 Å². The van der Waals surface area contributed by atoms with Crippen LogP contribution in [0.15, 0.2) is 62.9 Å². The van der Waals surface area contributed by atoms with Crippen LogP contribution in [-0.4, -0.2) is 60.6 Å². The highest BCUT2D eigenvalue weighted by molar-refractivity contribution is 9.10. The van der Waals surface area contributed by atoms with E-state index in [4.69, 9.17) is 4.74 Å². The average molecular weight is 573 g/mol. The minimum Gasteiger partial charge on any atom is -0.457 e. The molecule has 184 valence electrons. The number of amides is 1. The molecule has 0 spiro atoms. The molecule has 10 nitrogen and oxygen atoms in total. The van der Waals surface area contributed by atoms with Crippen molar-refractivity contribution in [3.05, 3.63) is 53.0 Å². The van der Waals surface area contributed by atoms with Crippen LogP contribution in [-0.2, 0) is 14.8 Å². The van der Waals surface area contributed by atoms with E-state index in [1.54, 1.807) is 36.5 Å². The first-order valence-corrected chi connectivity index (χ1v) is 13.4. The second kappa shape index (κ2) is 11.1. The number of halogens is 1. The number of hydrogen-bond donors (Lipinski definition) is 4. The predicted molar refractivity (Wildman–Crippen MR) is 134 cm³/mol. The lowest BCUT2D eigenvalue weighted by Crippen LogP contribution is -2.56. The van der Waals surface area contributed by atoms with Gasteiger partial charge in [-0.2, -0.15) is 4.72 Å². The van der Waals surface area contributed by atoms with Gasteiger partial charge in [-0.25, -0.2) is 18.9 Å². The number of hydrazine groups is 1. The molecule has 1 amide bonds. The lowest BCUT2D eigenvalue weighted by atomic mass is 10.0. The van der Waals surface area contributed by atoms with Crippen LogP contribution < -0.4 is 20.4 Å². The van der Waals surface area contributed by atoms with Gasteiger partial charge in [0.2, 0.25) is 10.0 Å². The summed E-state index contributed by atoms with van der Waals surface area (Å²) in [6.07, 6.45) is 0. The second-order valence-electron chi connectivity index (χ2n) is 8.01. The van der Waals surface area contributed by atoms with E-state index in [-0.39, 0.29) is 4.90 Å². The van der Waals surface area contributed by atoms with Crippen molar-refractivity contribution < 1.29 is 23.2 Å². The summed E-state index contributed by atoms with van der Waals surface area (Å²) in [6.45, 7) is 3.94. The van der Waals surface area contributed by atoms with Crippen molar-refractivity contribution in [3.63, 3.8) is 0 Å². The number of hydroxylamine groups is 1. The third-order valence-corrected chi connectivity index (χ3v) is 8.26. The van der Waals surface area contributed by atoms with Crippen LogP contribution in [0.3, 0.4) is 0 Å². The lowest BCUT2D eigenvalue weighted by Gasteiger charge is -2.32. The van der Waals surface area contributed by atoms with Gasteiger partial charge in [0.15, 0.2) is 0 Å². The number of benzene rings is 2. The number of thioether (sulfide) groups is 1. The number of aliphatic imine (C=N–C) groups is 1. The summed E-state index contributed by atoms with van der Waals surface area (Å²) in [5, 5.41) is 11.0. The van der Waals surface area contributed by atoms with Crippen molar-refractivity contribution in [2.45, 2.75) is 29.5 Å². The monoisotopic (exact) mass is 571 g/mol. The first kappa shape index (κ1) is 26.4. The van der Waals surface area contributed by atoms with E-state index >= 15 is 0 Å². The smallest absolute Gasteiger partial charge is 0.262 e. The van der Waals surface area contributed by atoms with Crippen LogP contribution in [0.1, 0.15) is 13.8 Å². The summed E-state index contributed by atoms with van der Waals surface area (Å²) >= 11 is 4.68. The Morgan fingerprint density at radius 3 is 2.35 bits per heavy atom. The second-order valence-corrected chi connectivity index (χ2v) is 12.3. The van der Waals surface area contributed by atoms with E-state index in [9.17, 15) is 18.4 Å². The van der Waals surface area contributed by atoms with Crippen LogP contribution >= 0.6 is 27.7 Å². The molecule has 0 saturated carbocycles. The molecular formula is C21H26BrN5O5S2. The molecular weight excluding hydrogens is 546 g/mol. The van der Waals surface area contributed by atoms with E-state index in [0.717, 1.165) is 4.47 Å². The molecule has 1 atom stereocenters. The SMILES string of the molecule is CN1CN=C(CSC(C)(C)[C@@H](NS(=O)(=O)c2ccc(Oc3ccc(Br)cc3)cc2)C(=O)NO)N1. The minimum absolute atomic E-state index is 0.0457. The first-order valence-electron chi connectivity index (χ1n) is 10.1. The van der Waals surface area contributed by atoms with E-state index in [2.05, 4.69) is 31.1 Å². The Morgan fingerprint density at radius 1 is 1.24 bits per heavy atom. The number of amidine groups is 1. The van der Waals surface area contributed by atoms with Crippen LogP contribution in [0.5, 0.6) is 11.5 Å². The third kappa shape index (κ3) is 6.93. The molecule has 2 aromatic rings. The van der Waals surface area contributed by atoms with E-state index in [0.29, 0.717) is 29.8 Å².